The number of ether oxygens (including phenoxy) is 6. The zero-order chi connectivity index (χ0) is 38.7. The van der Waals surface area contributed by atoms with Gasteiger partial charge >= 0.3 is 12.2 Å². The van der Waals surface area contributed by atoms with Crippen LogP contribution in [0.15, 0.2) is 73.1 Å². The molecule has 5 rings (SSSR count). The molecule has 0 bridgehead atoms. The summed E-state index contributed by atoms with van der Waals surface area (Å²) in [6, 6.07) is 16.5. The summed E-state index contributed by atoms with van der Waals surface area (Å²) in [4.78, 5) is 43.5. The highest BCUT2D eigenvalue weighted by atomic mass is 16.7. The Morgan fingerprint density at radius 2 is 1.67 bits per heavy atom. The molecule has 292 valence electrons. The van der Waals surface area contributed by atoms with E-state index in [0.717, 1.165) is 16.7 Å². The average Bonchev–Trinajstić information content (AvgIpc) is 3.78. The van der Waals surface area contributed by atoms with Crippen molar-refractivity contribution >= 4 is 18.1 Å². The lowest BCUT2D eigenvalue weighted by atomic mass is 9.86. The molecular formula is C39H51N5O10. The monoisotopic (exact) mass is 749 g/mol. The van der Waals surface area contributed by atoms with E-state index in [9.17, 15) is 19.5 Å². The topological polar surface area (TPSA) is 179 Å². The summed E-state index contributed by atoms with van der Waals surface area (Å²) in [6.45, 7) is 6.57. The highest BCUT2D eigenvalue weighted by molar-refractivity contribution is 5.86. The van der Waals surface area contributed by atoms with Crippen LogP contribution in [-0.4, -0.2) is 97.8 Å². The van der Waals surface area contributed by atoms with Gasteiger partial charge in [-0.1, -0.05) is 51.1 Å². The molecule has 0 saturated carbocycles. The van der Waals surface area contributed by atoms with Crippen LogP contribution in [0.2, 0.25) is 0 Å². The molecule has 15 heteroatoms. The molecule has 3 heterocycles. The predicted molar refractivity (Wildman–Crippen MR) is 196 cm³/mol. The van der Waals surface area contributed by atoms with Crippen molar-refractivity contribution in [2.45, 2.75) is 77.3 Å². The number of carbonyl (C=O) groups is 3. The lowest BCUT2D eigenvalue weighted by molar-refractivity contribution is -0.131. The molecule has 2 aromatic carbocycles. The number of alkyl carbamates (subject to hydrolysis) is 2. The number of aromatic nitrogens is 1. The van der Waals surface area contributed by atoms with Crippen LogP contribution in [0.25, 0.3) is 0 Å². The molecule has 0 spiro atoms. The van der Waals surface area contributed by atoms with Gasteiger partial charge in [0.15, 0.2) is 6.29 Å². The molecule has 0 aliphatic carbocycles. The standard InChI is InChI=1S/C39H51N5O10/c1-39(2,3)34(42-37(47)50-5)35(46)43-44(21-26-10-14-29(15-11-26)52-23-27-7-6-17-40-20-27)22-32(45)31(19-25-8-12-28(49-4)13-9-25)41-38(48)54-33-24-53-36-30(33)16-18-51-36/h6-15,17,20,30-34,36,45H,16,18-19,21-24H2,1-5H3,(H,41,48)(H,42,47)(H,43,46). The largest absolute Gasteiger partial charge is 0.497 e. The first-order valence-corrected chi connectivity index (χ1v) is 17.9. The second kappa shape index (κ2) is 18.9. The predicted octanol–water partition coefficient (Wildman–Crippen LogP) is 3.73. The number of aliphatic hydroxyl groups is 1. The van der Waals surface area contributed by atoms with E-state index in [2.05, 4.69) is 21.0 Å². The van der Waals surface area contributed by atoms with E-state index in [1.54, 1.807) is 36.6 Å². The van der Waals surface area contributed by atoms with Gasteiger partial charge in [-0.3, -0.25) is 15.2 Å². The first kappa shape index (κ1) is 40.2. The molecular weight excluding hydrogens is 698 g/mol. The third-order valence-corrected chi connectivity index (χ3v) is 9.30. The molecule has 1 aromatic heterocycles. The molecule has 6 atom stereocenters. The summed E-state index contributed by atoms with van der Waals surface area (Å²) in [7, 11) is 2.79. The molecule has 2 aliphatic heterocycles. The number of benzene rings is 2. The van der Waals surface area contributed by atoms with Crippen molar-refractivity contribution in [3.63, 3.8) is 0 Å². The van der Waals surface area contributed by atoms with E-state index < -0.39 is 54.1 Å². The molecule has 6 unspecified atom stereocenters. The normalized spacial score (nSPS) is 19.6. The number of pyridine rings is 1. The van der Waals surface area contributed by atoms with Gasteiger partial charge in [0, 0.05) is 31.0 Å². The minimum absolute atomic E-state index is 0.0621. The summed E-state index contributed by atoms with van der Waals surface area (Å²) in [5.74, 6) is 0.714. The van der Waals surface area contributed by atoms with Crippen molar-refractivity contribution in [2.75, 3.05) is 34.0 Å². The number of carbonyl (C=O) groups excluding carboxylic acids is 3. The van der Waals surface area contributed by atoms with Crippen LogP contribution in [-0.2, 0) is 43.3 Å². The molecule has 0 radical (unpaired) electrons. The van der Waals surface area contributed by atoms with Crippen LogP contribution in [0.5, 0.6) is 11.5 Å². The van der Waals surface area contributed by atoms with Crippen molar-refractivity contribution in [2.24, 2.45) is 11.3 Å². The molecule has 54 heavy (non-hydrogen) atoms. The van der Waals surface area contributed by atoms with Gasteiger partial charge in [-0.05, 0) is 59.7 Å². The van der Waals surface area contributed by atoms with Gasteiger partial charge in [0.2, 0.25) is 0 Å². The van der Waals surface area contributed by atoms with Gasteiger partial charge in [-0.25, -0.2) is 14.6 Å². The van der Waals surface area contributed by atoms with E-state index in [1.807, 2.05) is 69.3 Å². The van der Waals surface area contributed by atoms with Crippen molar-refractivity contribution in [3.8, 4) is 11.5 Å². The van der Waals surface area contributed by atoms with E-state index in [1.165, 1.54) is 7.11 Å². The Bertz CT molecular complexity index is 1650. The Morgan fingerprint density at radius 1 is 0.944 bits per heavy atom. The van der Waals surface area contributed by atoms with Crippen LogP contribution in [0.1, 0.15) is 43.9 Å². The fourth-order valence-electron chi connectivity index (χ4n) is 6.31. The molecule has 3 amide bonds. The van der Waals surface area contributed by atoms with Crippen molar-refractivity contribution < 1.29 is 47.9 Å². The Morgan fingerprint density at radius 3 is 2.33 bits per heavy atom. The highest BCUT2D eigenvalue weighted by Crippen LogP contribution is 2.33. The minimum Gasteiger partial charge on any atom is -0.497 e. The van der Waals surface area contributed by atoms with Crippen molar-refractivity contribution in [3.05, 3.63) is 89.7 Å². The second-order valence-corrected chi connectivity index (χ2v) is 14.4. The van der Waals surface area contributed by atoms with Crippen LogP contribution in [0.4, 0.5) is 9.59 Å². The Labute approximate surface area is 315 Å². The number of aliphatic hydroxyl groups excluding tert-OH is 1. The lowest BCUT2D eigenvalue weighted by Crippen LogP contribution is -2.59. The lowest BCUT2D eigenvalue weighted by Gasteiger charge is -2.34. The summed E-state index contributed by atoms with van der Waals surface area (Å²) in [5, 5.41) is 18.9. The number of amides is 3. The number of fused-ring (bicyclic) bond motifs is 1. The maximum Gasteiger partial charge on any atom is 0.407 e. The third-order valence-electron chi connectivity index (χ3n) is 9.30. The molecule has 2 saturated heterocycles. The number of methoxy groups -OCH3 is 2. The molecule has 2 aliphatic rings. The van der Waals surface area contributed by atoms with Gasteiger partial charge in [0.05, 0.1) is 45.5 Å². The zero-order valence-corrected chi connectivity index (χ0v) is 31.4. The van der Waals surface area contributed by atoms with Crippen LogP contribution < -0.4 is 25.5 Å². The fraction of sp³-hybridized carbons (Fsp3) is 0.487. The zero-order valence-electron chi connectivity index (χ0n) is 31.4. The SMILES string of the molecule is COC(=O)NC(C(=O)NN(Cc1ccc(OCc2cccnc2)cc1)CC(O)C(Cc1ccc(OC)cc1)NC(=O)OC1COC2OCCC12)C(C)(C)C. The second-order valence-electron chi connectivity index (χ2n) is 14.4. The van der Waals surface area contributed by atoms with Crippen LogP contribution in [0, 0.1) is 11.3 Å². The Kier molecular flexibility index (Phi) is 14.1. The molecule has 4 N–H and O–H groups in total. The van der Waals surface area contributed by atoms with Gasteiger partial charge in [0.25, 0.3) is 5.91 Å². The van der Waals surface area contributed by atoms with Gasteiger partial charge in [0.1, 0.15) is 30.3 Å². The van der Waals surface area contributed by atoms with Gasteiger partial charge in [-0.15, -0.1) is 0 Å². The van der Waals surface area contributed by atoms with Crippen LogP contribution in [0.3, 0.4) is 0 Å². The third kappa shape index (κ3) is 11.5. The molecule has 2 fully saturated rings. The maximum atomic E-state index is 13.8. The summed E-state index contributed by atoms with van der Waals surface area (Å²) < 4.78 is 33.0. The Hall–Kier alpha value is -4.96. The number of hydrogen-bond donors (Lipinski definition) is 4. The van der Waals surface area contributed by atoms with Crippen molar-refractivity contribution in [1.29, 1.82) is 0 Å². The summed E-state index contributed by atoms with van der Waals surface area (Å²) >= 11 is 0. The quantitative estimate of drug-likeness (QED) is 0.156. The highest BCUT2D eigenvalue weighted by Gasteiger charge is 2.44. The number of nitrogens with one attached hydrogen (secondary N) is 3. The van der Waals surface area contributed by atoms with Gasteiger partial charge < -0.3 is 44.2 Å². The fourth-order valence-corrected chi connectivity index (χ4v) is 6.31. The number of hydrogen-bond acceptors (Lipinski definition) is 12. The van der Waals surface area contributed by atoms with Crippen molar-refractivity contribution in [1.82, 2.24) is 26.1 Å². The smallest absolute Gasteiger partial charge is 0.407 e. The van der Waals surface area contributed by atoms with E-state index in [-0.39, 0.29) is 32.0 Å². The van der Waals surface area contributed by atoms with Crippen LogP contribution >= 0.6 is 0 Å². The molecule has 15 nitrogen and oxygen atoms in total. The number of rotatable bonds is 16. The average molecular weight is 750 g/mol. The minimum atomic E-state index is -1.22. The first-order chi connectivity index (χ1) is 25.9. The molecule has 3 aromatic rings. The maximum absolute atomic E-state index is 13.8. The van der Waals surface area contributed by atoms with Gasteiger partial charge in [-0.2, -0.15) is 0 Å². The van der Waals surface area contributed by atoms with E-state index in [4.69, 9.17) is 28.4 Å². The summed E-state index contributed by atoms with van der Waals surface area (Å²) in [5.41, 5.74) is 4.73. The number of nitrogens with zero attached hydrogens (tertiary/aromatic N) is 2. The first-order valence-electron chi connectivity index (χ1n) is 17.9. The Balaban J connectivity index is 1.34. The van der Waals surface area contributed by atoms with E-state index >= 15 is 0 Å². The summed E-state index contributed by atoms with van der Waals surface area (Å²) in [6.07, 6.45) is 0.816. The number of hydrazine groups is 1. The van der Waals surface area contributed by atoms with E-state index in [0.29, 0.717) is 31.1 Å².